The second-order valence-electron chi connectivity index (χ2n) is 3.94. The maximum atomic E-state index is 5.94. The first-order valence-corrected chi connectivity index (χ1v) is 5.39. The molecule has 0 unspecified atom stereocenters. The number of aryl methyl sites for hydroxylation is 1. The van der Waals surface area contributed by atoms with E-state index >= 15 is 0 Å². The van der Waals surface area contributed by atoms with Crippen LogP contribution in [-0.2, 0) is 0 Å². The minimum Gasteiger partial charge on any atom is -0.367 e. The van der Waals surface area contributed by atoms with E-state index in [0.29, 0.717) is 11.2 Å². The van der Waals surface area contributed by atoms with Gasteiger partial charge in [0.1, 0.15) is 11.0 Å². The molecule has 2 aromatic rings. The number of hydrogen-bond donors (Lipinski definition) is 1. The van der Waals surface area contributed by atoms with Gasteiger partial charge in [0.2, 0.25) is 0 Å². The van der Waals surface area contributed by atoms with Gasteiger partial charge in [-0.2, -0.15) is 9.61 Å². The summed E-state index contributed by atoms with van der Waals surface area (Å²) in [5.41, 5.74) is 1.74. The van der Waals surface area contributed by atoms with Crippen LogP contribution in [0.15, 0.2) is 12.1 Å². The van der Waals surface area contributed by atoms with Crippen LogP contribution in [0.3, 0.4) is 0 Å². The summed E-state index contributed by atoms with van der Waals surface area (Å²) < 4.78 is 1.81. The third kappa shape index (κ3) is 1.65. The van der Waals surface area contributed by atoms with Crippen LogP contribution in [0.1, 0.15) is 18.5 Å². The molecular weight excluding hydrogens is 212 g/mol. The normalized spacial score (nSPS) is 15.9. The zero-order valence-electron chi connectivity index (χ0n) is 8.37. The Hall–Kier alpha value is -1.29. The highest BCUT2D eigenvalue weighted by atomic mass is 35.5. The van der Waals surface area contributed by atoms with E-state index < -0.39 is 0 Å². The Morgan fingerprint density at radius 1 is 1.47 bits per heavy atom. The summed E-state index contributed by atoms with van der Waals surface area (Å²) in [7, 11) is 0. The molecular formula is C10H11ClN4. The number of rotatable bonds is 2. The maximum Gasteiger partial charge on any atom is 0.159 e. The van der Waals surface area contributed by atoms with Gasteiger partial charge in [-0.05, 0) is 19.8 Å². The highest BCUT2D eigenvalue weighted by molar-refractivity contribution is 6.29. The first-order chi connectivity index (χ1) is 7.22. The second-order valence-corrected chi connectivity index (χ2v) is 4.33. The van der Waals surface area contributed by atoms with Gasteiger partial charge in [0, 0.05) is 18.2 Å². The molecule has 0 aromatic carbocycles. The first-order valence-electron chi connectivity index (χ1n) is 5.02. The molecule has 1 saturated carbocycles. The van der Waals surface area contributed by atoms with Gasteiger partial charge in [-0.3, -0.25) is 0 Å². The topological polar surface area (TPSA) is 42.2 Å². The molecule has 1 fully saturated rings. The first kappa shape index (κ1) is 8.97. The fraction of sp³-hybridized carbons (Fsp3) is 0.400. The zero-order chi connectivity index (χ0) is 10.4. The summed E-state index contributed by atoms with van der Waals surface area (Å²) in [6.45, 7) is 1.95. The van der Waals surface area contributed by atoms with Crippen molar-refractivity contribution in [2.24, 2.45) is 0 Å². The van der Waals surface area contributed by atoms with Crippen molar-refractivity contribution < 1.29 is 0 Å². The van der Waals surface area contributed by atoms with Crippen LogP contribution in [0, 0.1) is 6.92 Å². The SMILES string of the molecule is Cc1cc2nc(Cl)cc(NC3CC3)n2n1. The third-order valence-electron chi connectivity index (χ3n) is 2.45. The van der Waals surface area contributed by atoms with Gasteiger partial charge >= 0.3 is 0 Å². The molecule has 0 spiro atoms. The lowest BCUT2D eigenvalue weighted by molar-refractivity contribution is 0.906. The van der Waals surface area contributed by atoms with E-state index in [1.54, 1.807) is 4.52 Å². The molecule has 0 radical (unpaired) electrons. The lowest BCUT2D eigenvalue weighted by Gasteiger charge is -2.06. The molecule has 0 saturated heterocycles. The molecule has 0 atom stereocenters. The van der Waals surface area contributed by atoms with Gasteiger partial charge in [-0.25, -0.2) is 4.98 Å². The summed E-state index contributed by atoms with van der Waals surface area (Å²) in [4.78, 5) is 4.21. The van der Waals surface area contributed by atoms with Gasteiger partial charge < -0.3 is 5.32 Å². The molecule has 1 aliphatic carbocycles. The number of nitrogens with zero attached hydrogens (tertiary/aromatic N) is 3. The van der Waals surface area contributed by atoms with Crippen LogP contribution < -0.4 is 5.32 Å². The largest absolute Gasteiger partial charge is 0.367 e. The molecule has 0 bridgehead atoms. The fourth-order valence-corrected chi connectivity index (χ4v) is 1.79. The minimum absolute atomic E-state index is 0.505. The highest BCUT2D eigenvalue weighted by Gasteiger charge is 2.22. The van der Waals surface area contributed by atoms with Crippen LogP contribution in [0.2, 0.25) is 5.15 Å². The molecule has 4 nitrogen and oxygen atoms in total. The number of fused-ring (bicyclic) bond motifs is 1. The van der Waals surface area contributed by atoms with E-state index in [-0.39, 0.29) is 0 Å². The smallest absolute Gasteiger partial charge is 0.159 e. The fourth-order valence-electron chi connectivity index (χ4n) is 1.60. The monoisotopic (exact) mass is 222 g/mol. The van der Waals surface area contributed by atoms with Crippen molar-refractivity contribution in [3.8, 4) is 0 Å². The lowest BCUT2D eigenvalue weighted by Crippen LogP contribution is -2.07. The molecule has 0 amide bonds. The van der Waals surface area contributed by atoms with Gasteiger partial charge in [-0.1, -0.05) is 11.6 Å². The van der Waals surface area contributed by atoms with Crippen LogP contribution >= 0.6 is 11.6 Å². The number of aromatic nitrogens is 3. The molecule has 1 aliphatic rings. The molecule has 3 rings (SSSR count). The van der Waals surface area contributed by atoms with Gasteiger partial charge in [0.25, 0.3) is 0 Å². The van der Waals surface area contributed by atoms with Crippen molar-refractivity contribution >= 4 is 23.1 Å². The van der Waals surface area contributed by atoms with Crippen molar-refractivity contribution in [1.29, 1.82) is 0 Å². The Morgan fingerprint density at radius 2 is 2.27 bits per heavy atom. The summed E-state index contributed by atoms with van der Waals surface area (Å²) in [6, 6.07) is 4.32. The van der Waals surface area contributed by atoms with Crippen LogP contribution in [0.4, 0.5) is 5.82 Å². The predicted molar refractivity (Wildman–Crippen MR) is 59.4 cm³/mol. The molecule has 78 valence electrons. The van der Waals surface area contributed by atoms with E-state index in [0.717, 1.165) is 17.2 Å². The zero-order valence-corrected chi connectivity index (χ0v) is 9.12. The molecule has 0 aliphatic heterocycles. The van der Waals surface area contributed by atoms with Crippen LogP contribution in [0.5, 0.6) is 0 Å². The van der Waals surface area contributed by atoms with E-state index in [1.165, 1.54) is 12.8 Å². The van der Waals surface area contributed by atoms with Crippen LogP contribution in [-0.4, -0.2) is 20.6 Å². The number of hydrogen-bond acceptors (Lipinski definition) is 3. The predicted octanol–water partition coefficient (Wildman–Crippen LogP) is 2.27. The molecule has 5 heteroatoms. The van der Waals surface area contributed by atoms with Crippen molar-refractivity contribution in [3.63, 3.8) is 0 Å². The molecule has 15 heavy (non-hydrogen) atoms. The Labute approximate surface area is 92.3 Å². The van der Waals surface area contributed by atoms with Crippen molar-refractivity contribution in [2.75, 3.05) is 5.32 Å². The maximum absolute atomic E-state index is 5.94. The van der Waals surface area contributed by atoms with Crippen molar-refractivity contribution in [2.45, 2.75) is 25.8 Å². The Morgan fingerprint density at radius 3 is 3.00 bits per heavy atom. The van der Waals surface area contributed by atoms with E-state index in [1.807, 2.05) is 19.1 Å². The quantitative estimate of drug-likeness (QED) is 0.793. The van der Waals surface area contributed by atoms with Crippen LogP contribution in [0.25, 0.3) is 5.65 Å². The highest BCUT2D eigenvalue weighted by Crippen LogP contribution is 2.26. The van der Waals surface area contributed by atoms with E-state index in [9.17, 15) is 0 Å². The average Bonchev–Trinajstić information content (AvgIpc) is 2.87. The lowest BCUT2D eigenvalue weighted by atomic mass is 10.5. The molecule has 2 heterocycles. The van der Waals surface area contributed by atoms with E-state index in [2.05, 4.69) is 15.4 Å². The second kappa shape index (κ2) is 3.10. The standard InChI is InChI=1S/C10H11ClN4/c1-6-4-9-13-8(11)5-10(15(9)14-6)12-7-2-3-7/h4-5,7,12H,2-3H2,1H3. The molecule has 2 aromatic heterocycles. The van der Waals surface area contributed by atoms with Crippen molar-refractivity contribution in [1.82, 2.24) is 14.6 Å². The molecule has 1 N–H and O–H groups in total. The summed E-state index contributed by atoms with van der Waals surface area (Å²) in [5.74, 6) is 0.931. The minimum atomic E-state index is 0.505. The Bertz CT molecular complexity index is 515. The number of anilines is 1. The van der Waals surface area contributed by atoms with Crippen molar-refractivity contribution in [3.05, 3.63) is 23.0 Å². The third-order valence-corrected chi connectivity index (χ3v) is 2.64. The van der Waals surface area contributed by atoms with Gasteiger partial charge in [0.15, 0.2) is 5.65 Å². The number of halogens is 1. The Kier molecular flexibility index (Phi) is 1.85. The van der Waals surface area contributed by atoms with Gasteiger partial charge in [-0.15, -0.1) is 0 Å². The Balaban J connectivity index is 2.15. The summed E-state index contributed by atoms with van der Waals surface area (Å²) in [5, 5.41) is 8.26. The average molecular weight is 223 g/mol. The number of nitrogens with one attached hydrogen (secondary N) is 1. The summed E-state index contributed by atoms with van der Waals surface area (Å²) in [6.07, 6.45) is 2.45. The van der Waals surface area contributed by atoms with E-state index in [4.69, 9.17) is 11.6 Å². The summed E-state index contributed by atoms with van der Waals surface area (Å²) >= 11 is 5.94. The van der Waals surface area contributed by atoms with Gasteiger partial charge in [0.05, 0.1) is 5.69 Å².